The highest BCUT2D eigenvalue weighted by Gasteiger charge is 2.32. The van der Waals surface area contributed by atoms with Crippen LogP contribution in [0.25, 0.3) is 11.1 Å². The van der Waals surface area contributed by atoms with Crippen LogP contribution in [0, 0.1) is 5.41 Å². The minimum absolute atomic E-state index is 0.0363. The number of fused-ring (bicyclic) bond motifs is 1. The van der Waals surface area contributed by atoms with Crippen molar-refractivity contribution in [3.8, 4) is 0 Å². The third-order valence-corrected chi connectivity index (χ3v) is 4.86. The standard InChI is InChI=1S/C19H27N3O2/c1-4-5-6-17-21-15-11-14(7-8-16(15)24-17)18(23)20-12-19(2)9-10-22(3)13-19/h7-8,11H,4-6,9-10,12-13H2,1-3H3,(H,20,23)/t19-/m0/s1. The first-order valence-corrected chi connectivity index (χ1v) is 8.85. The maximum absolute atomic E-state index is 12.5. The fourth-order valence-electron chi connectivity index (χ4n) is 3.36. The van der Waals surface area contributed by atoms with Crippen molar-refractivity contribution < 1.29 is 9.21 Å². The molecule has 3 rings (SSSR count). The van der Waals surface area contributed by atoms with Gasteiger partial charge in [-0.2, -0.15) is 0 Å². The summed E-state index contributed by atoms with van der Waals surface area (Å²) in [6, 6.07) is 5.49. The van der Waals surface area contributed by atoms with Gasteiger partial charge in [0.1, 0.15) is 5.52 Å². The molecule has 0 saturated carbocycles. The number of benzene rings is 1. The van der Waals surface area contributed by atoms with E-state index in [4.69, 9.17) is 4.42 Å². The number of unbranched alkanes of at least 4 members (excludes halogenated alkanes) is 1. The van der Waals surface area contributed by atoms with Crippen LogP contribution >= 0.6 is 0 Å². The lowest BCUT2D eigenvalue weighted by atomic mass is 9.90. The van der Waals surface area contributed by atoms with Crippen molar-refractivity contribution >= 4 is 17.0 Å². The van der Waals surface area contributed by atoms with E-state index in [-0.39, 0.29) is 11.3 Å². The zero-order valence-corrected chi connectivity index (χ0v) is 14.9. The van der Waals surface area contributed by atoms with Crippen molar-refractivity contribution in [3.63, 3.8) is 0 Å². The summed E-state index contributed by atoms with van der Waals surface area (Å²) in [4.78, 5) is 19.3. The Morgan fingerprint density at radius 3 is 3.00 bits per heavy atom. The molecule has 1 atom stereocenters. The molecule has 1 aliphatic rings. The highest BCUT2D eigenvalue weighted by molar-refractivity contribution is 5.97. The van der Waals surface area contributed by atoms with Crippen LogP contribution in [-0.2, 0) is 6.42 Å². The van der Waals surface area contributed by atoms with Crippen LogP contribution in [-0.4, -0.2) is 42.5 Å². The van der Waals surface area contributed by atoms with Gasteiger partial charge in [0.2, 0.25) is 0 Å². The summed E-state index contributed by atoms with van der Waals surface area (Å²) in [5, 5.41) is 3.08. The minimum Gasteiger partial charge on any atom is -0.441 e. The smallest absolute Gasteiger partial charge is 0.251 e. The molecule has 2 aromatic rings. The molecule has 5 heteroatoms. The van der Waals surface area contributed by atoms with Gasteiger partial charge in [0.25, 0.3) is 5.91 Å². The molecule has 5 nitrogen and oxygen atoms in total. The normalized spacial score (nSPS) is 21.5. The maximum atomic E-state index is 12.5. The van der Waals surface area contributed by atoms with Gasteiger partial charge >= 0.3 is 0 Å². The van der Waals surface area contributed by atoms with Gasteiger partial charge in [0, 0.05) is 25.1 Å². The van der Waals surface area contributed by atoms with Crippen LogP contribution in [0.15, 0.2) is 22.6 Å². The van der Waals surface area contributed by atoms with E-state index in [1.54, 1.807) is 0 Å². The number of hydrogen-bond donors (Lipinski definition) is 1. The molecule has 1 fully saturated rings. The molecule has 0 unspecified atom stereocenters. The van der Waals surface area contributed by atoms with Gasteiger partial charge in [-0.3, -0.25) is 4.79 Å². The molecule has 1 N–H and O–H groups in total. The van der Waals surface area contributed by atoms with E-state index in [9.17, 15) is 4.79 Å². The summed E-state index contributed by atoms with van der Waals surface area (Å²) in [6.07, 6.45) is 4.14. The van der Waals surface area contributed by atoms with Gasteiger partial charge < -0.3 is 14.6 Å². The van der Waals surface area contributed by atoms with Crippen LogP contribution in [0.2, 0.25) is 0 Å². The maximum Gasteiger partial charge on any atom is 0.251 e. The Kier molecular flexibility index (Phi) is 4.90. The van der Waals surface area contributed by atoms with Gasteiger partial charge in [-0.05, 0) is 50.0 Å². The third kappa shape index (κ3) is 3.78. The Morgan fingerprint density at radius 2 is 2.29 bits per heavy atom. The molecule has 24 heavy (non-hydrogen) atoms. The van der Waals surface area contributed by atoms with Gasteiger partial charge in [-0.1, -0.05) is 20.3 Å². The summed E-state index contributed by atoms with van der Waals surface area (Å²) >= 11 is 0. The zero-order chi connectivity index (χ0) is 17.2. The first-order chi connectivity index (χ1) is 11.5. The van der Waals surface area contributed by atoms with Crippen molar-refractivity contribution in [1.82, 2.24) is 15.2 Å². The molecule has 0 spiro atoms. The summed E-state index contributed by atoms with van der Waals surface area (Å²) in [5.41, 5.74) is 2.32. The average Bonchev–Trinajstić information content (AvgIpc) is 3.13. The van der Waals surface area contributed by atoms with Crippen molar-refractivity contribution in [1.29, 1.82) is 0 Å². The number of nitrogens with one attached hydrogen (secondary N) is 1. The molecule has 0 bridgehead atoms. The first-order valence-electron chi connectivity index (χ1n) is 8.85. The highest BCUT2D eigenvalue weighted by Crippen LogP contribution is 2.28. The third-order valence-electron chi connectivity index (χ3n) is 4.86. The molecule has 1 amide bonds. The van der Waals surface area contributed by atoms with Gasteiger partial charge in [0.05, 0.1) is 0 Å². The van der Waals surface area contributed by atoms with Crippen LogP contribution in [0.4, 0.5) is 0 Å². The number of carbonyl (C=O) groups excluding carboxylic acids is 1. The largest absolute Gasteiger partial charge is 0.441 e. The Bertz CT molecular complexity index is 724. The summed E-state index contributed by atoms with van der Waals surface area (Å²) in [5.74, 6) is 0.719. The van der Waals surface area contributed by atoms with E-state index in [1.807, 2.05) is 18.2 Å². The average molecular weight is 329 g/mol. The summed E-state index contributed by atoms with van der Waals surface area (Å²) in [7, 11) is 2.13. The number of likely N-dealkylation sites (tertiary alicyclic amines) is 1. The summed E-state index contributed by atoms with van der Waals surface area (Å²) in [6.45, 7) is 7.20. The lowest BCUT2D eigenvalue weighted by Gasteiger charge is -2.24. The van der Waals surface area contributed by atoms with E-state index >= 15 is 0 Å². The molecule has 130 valence electrons. The van der Waals surface area contributed by atoms with E-state index in [0.29, 0.717) is 12.1 Å². The van der Waals surface area contributed by atoms with E-state index in [0.717, 1.165) is 55.8 Å². The van der Waals surface area contributed by atoms with E-state index in [2.05, 4.69) is 36.1 Å². The molecule has 0 aliphatic carbocycles. The van der Waals surface area contributed by atoms with Gasteiger partial charge in [-0.25, -0.2) is 4.98 Å². The molecule has 1 aliphatic heterocycles. The first kappa shape index (κ1) is 17.0. The predicted molar refractivity (Wildman–Crippen MR) is 95.2 cm³/mol. The van der Waals surface area contributed by atoms with Crippen molar-refractivity contribution in [2.45, 2.75) is 39.5 Å². The second-order valence-corrected chi connectivity index (χ2v) is 7.37. The molecular formula is C19H27N3O2. The van der Waals surface area contributed by atoms with Crippen molar-refractivity contribution in [2.75, 3.05) is 26.7 Å². The summed E-state index contributed by atoms with van der Waals surface area (Å²) < 4.78 is 5.73. The highest BCUT2D eigenvalue weighted by atomic mass is 16.3. The van der Waals surface area contributed by atoms with Crippen LogP contribution in [0.5, 0.6) is 0 Å². The topological polar surface area (TPSA) is 58.4 Å². The van der Waals surface area contributed by atoms with Crippen molar-refractivity contribution in [3.05, 3.63) is 29.7 Å². The second kappa shape index (κ2) is 6.93. The molecule has 1 saturated heterocycles. The Morgan fingerprint density at radius 1 is 1.46 bits per heavy atom. The zero-order valence-electron chi connectivity index (χ0n) is 14.9. The number of rotatable bonds is 6. The van der Waals surface area contributed by atoms with Crippen molar-refractivity contribution in [2.24, 2.45) is 5.41 Å². The number of aryl methyl sites for hydroxylation is 1. The number of oxazole rings is 1. The second-order valence-electron chi connectivity index (χ2n) is 7.37. The lowest BCUT2D eigenvalue weighted by molar-refractivity contribution is 0.0935. The molecular weight excluding hydrogens is 302 g/mol. The fraction of sp³-hybridized carbons (Fsp3) is 0.579. The SMILES string of the molecule is CCCCc1nc2cc(C(=O)NC[C@]3(C)CCN(C)C3)ccc2o1. The monoisotopic (exact) mass is 329 g/mol. The van der Waals surface area contributed by atoms with Crippen LogP contribution < -0.4 is 5.32 Å². The molecule has 0 radical (unpaired) electrons. The van der Waals surface area contributed by atoms with E-state index < -0.39 is 0 Å². The number of aromatic nitrogens is 1. The predicted octanol–water partition coefficient (Wildman–Crippen LogP) is 3.24. The Hall–Kier alpha value is -1.88. The number of amides is 1. The molecule has 2 heterocycles. The minimum atomic E-state index is -0.0363. The molecule has 1 aromatic heterocycles. The lowest BCUT2D eigenvalue weighted by Crippen LogP contribution is -2.37. The van der Waals surface area contributed by atoms with Gasteiger partial charge in [-0.15, -0.1) is 0 Å². The fourth-order valence-corrected chi connectivity index (χ4v) is 3.36. The Labute approximate surface area is 143 Å². The van der Waals surface area contributed by atoms with Crippen LogP contribution in [0.1, 0.15) is 49.4 Å². The van der Waals surface area contributed by atoms with Gasteiger partial charge in [0.15, 0.2) is 11.5 Å². The van der Waals surface area contributed by atoms with E-state index in [1.165, 1.54) is 0 Å². The number of carbonyl (C=O) groups is 1. The number of hydrogen-bond acceptors (Lipinski definition) is 4. The Balaban J connectivity index is 1.66. The molecule has 1 aromatic carbocycles. The number of nitrogens with zero attached hydrogens (tertiary/aromatic N) is 2. The van der Waals surface area contributed by atoms with Crippen LogP contribution in [0.3, 0.4) is 0 Å². The quantitative estimate of drug-likeness (QED) is 0.884.